The van der Waals surface area contributed by atoms with Gasteiger partial charge in [-0.1, -0.05) is 12.8 Å². The monoisotopic (exact) mass is 268 g/mol. The first-order valence-corrected chi connectivity index (χ1v) is 5.81. The molecule has 1 rings (SSSR count). The lowest BCUT2D eigenvalue weighted by Crippen LogP contribution is -2.27. The van der Waals surface area contributed by atoms with E-state index in [1.54, 1.807) is 45.0 Å². The average Bonchev–Trinajstić information content (AvgIpc) is 2.26. The van der Waals surface area contributed by atoms with Crippen LogP contribution in [0.25, 0.3) is 0 Å². The molecule has 0 aliphatic carbocycles. The summed E-state index contributed by atoms with van der Waals surface area (Å²) in [6.45, 7) is 5.35. The Hall–Kier alpha value is -1.69. The third-order valence-electron chi connectivity index (χ3n) is 1.89. The first-order valence-electron chi connectivity index (χ1n) is 5.36. The molecule has 6 heteroatoms. The quantitative estimate of drug-likeness (QED) is 0.722. The maximum atomic E-state index is 11.5. The van der Waals surface area contributed by atoms with Crippen molar-refractivity contribution in [2.75, 3.05) is 5.32 Å². The molecule has 0 radical (unpaired) electrons. The van der Waals surface area contributed by atoms with Gasteiger partial charge in [-0.15, -0.1) is 0 Å². The fourth-order valence-corrected chi connectivity index (χ4v) is 1.32. The van der Waals surface area contributed by atoms with Crippen LogP contribution in [0.5, 0.6) is 0 Å². The number of anilines is 1. The maximum absolute atomic E-state index is 11.5. The molecule has 0 bridgehead atoms. The SMILES string of the molecule is CC(C)(C)OC(=O)Nc1ccc(C(=O)NS)cc1. The van der Waals surface area contributed by atoms with Gasteiger partial charge in [0.2, 0.25) is 0 Å². The summed E-state index contributed by atoms with van der Waals surface area (Å²) in [6.07, 6.45) is -0.533. The molecule has 0 heterocycles. The Morgan fingerprint density at radius 3 is 2.17 bits per heavy atom. The van der Waals surface area contributed by atoms with Gasteiger partial charge >= 0.3 is 6.09 Å². The van der Waals surface area contributed by atoms with E-state index in [1.165, 1.54) is 0 Å². The zero-order chi connectivity index (χ0) is 13.8. The van der Waals surface area contributed by atoms with Gasteiger partial charge in [-0.2, -0.15) is 0 Å². The fraction of sp³-hybridized carbons (Fsp3) is 0.333. The van der Waals surface area contributed by atoms with Crippen LogP contribution in [0.2, 0.25) is 0 Å². The molecule has 0 saturated carbocycles. The summed E-state index contributed by atoms with van der Waals surface area (Å²) in [5.41, 5.74) is 0.468. The molecule has 5 nitrogen and oxygen atoms in total. The van der Waals surface area contributed by atoms with Crippen LogP contribution in [-0.2, 0) is 4.74 Å². The fourth-order valence-electron chi connectivity index (χ4n) is 1.19. The second-order valence-electron chi connectivity index (χ2n) is 4.65. The summed E-state index contributed by atoms with van der Waals surface area (Å²) < 4.78 is 7.31. The lowest BCUT2D eigenvalue weighted by atomic mass is 10.2. The summed E-state index contributed by atoms with van der Waals surface area (Å²) in [7, 11) is 0. The summed E-state index contributed by atoms with van der Waals surface area (Å²) in [5.74, 6) is -0.304. The Labute approximate surface area is 111 Å². The molecule has 0 atom stereocenters. The Morgan fingerprint density at radius 2 is 1.72 bits per heavy atom. The lowest BCUT2D eigenvalue weighted by molar-refractivity contribution is 0.0636. The molecule has 2 amide bonds. The smallest absolute Gasteiger partial charge is 0.412 e. The van der Waals surface area contributed by atoms with Crippen molar-refractivity contribution in [3.63, 3.8) is 0 Å². The van der Waals surface area contributed by atoms with Crippen molar-refractivity contribution >= 4 is 30.5 Å². The second kappa shape index (κ2) is 5.77. The summed E-state index contributed by atoms with van der Waals surface area (Å²) in [4.78, 5) is 22.7. The molecule has 18 heavy (non-hydrogen) atoms. The molecule has 0 unspecified atom stereocenters. The number of thiol groups is 1. The third kappa shape index (κ3) is 4.67. The number of nitrogens with one attached hydrogen (secondary N) is 2. The van der Waals surface area contributed by atoms with E-state index in [-0.39, 0.29) is 5.91 Å². The Morgan fingerprint density at radius 1 is 1.17 bits per heavy atom. The first-order chi connectivity index (χ1) is 8.31. The van der Waals surface area contributed by atoms with Gasteiger partial charge in [0.05, 0.1) is 0 Å². The van der Waals surface area contributed by atoms with Crippen molar-refractivity contribution in [3.8, 4) is 0 Å². The van der Waals surface area contributed by atoms with Gasteiger partial charge in [0.15, 0.2) is 0 Å². The molecule has 0 saturated heterocycles. The van der Waals surface area contributed by atoms with E-state index in [2.05, 4.69) is 22.9 Å². The molecule has 0 aliphatic heterocycles. The van der Waals surface area contributed by atoms with Crippen LogP contribution >= 0.6 is 12.8 Å². The van der Waals surface area contributed by atoms with Crippen LogP contribution in [0, 0.1) is 0 Å². The van der Waals surface area contributed by atoms with Gasteiger partial charge in [0.1, 0.15) is 5.60 Å². The van der Waals surface area contributed by atoms with Crippen molar-refractivity contribution < 1.29 is 14.3 Å². The largest absolute Gasteiger partial charge is 0.444 e. The Balaban J connectivity index is 2.64. The zero-order valence-electron chi connectivity index (χ0n) is 10.5. The minimum absolute atomic E-state index is 0.304. The van der Waals surface area contributed by atoms with Crippen molar-refractivity contribution in [3.05, 3.63) is 29.8 Å². The molecular weight excluding hydrogens is 252 g/mol. The number of rotatable bonds is 2. The zero-order valence-corrected chi connectivity index (χ0v) is 11.4. The highest BCUT2D eigenvalue weighted by atomic mass is 32.1. The topological polar surface area (TPSA) is 67.4 Å². The number of hydrogen-bond acceptors (Lipinski definition) is 4. The molecule has 2 N–H and O–H groups in total. The first kappa shape index (κ1) is 14.4. The van der Waals surface area contributed by atoms with Crippen LogP contribution in [0.3, 0.4) is 0 Å². The molecule has 0 aromatic heterocycles. The van der Waals surface area contributed by atoms with Gasteiger partial charge in [0.25, 0.3) is 5.91 Å². The highest BCUT2D eigenvalue weighted by molar-refractivity contribution is 7.78. The second-order valence-corrected chi connectivity index (χ2v) is 4.87. The Kier molecular flexibility index (Phi) is 4.61. The van der Waals surface area contributed by atoms with E-state index in [1.807, 2.05) is 0 Å². The van der Waals surface area contributed by atoms with E-state index in [4.69, 9.17) is 4.74 Å². The number of hydrogen-bond donors (Lipinski definition) is 3. The normalized spacial score (nSPS) is 10.7. The number of ether oxygens (including phenoxy) is 1. The standard InChI is InChI=1S/C12H16N2O3S/c1-12(2,3)17-11(16)13-9-6-4-8(5-7-9)10(15)14-18/h4-7,18H,1-3H3,(H,13,16)(H,14,15). The summed E-state index contributed by atoms with van der Waals surface area (Å²) >= 11 is 3.67. The number of carbonyl (C=O) groups excluding carboxylic acids is 2. The van der Waals surface area contributed by atoms with Crippen LogP contribution in [0.15, 0.2) is 24.3 Å². The van der Waals surface area contributed by atoms with Crippen LogP contribution in [0.4, 0.5) is 10.5 Å². The average molecular weight is 268 g/mol. The van der Waals surface area contributed by atoms with E-state index in [9.17, 15) is 9.59 Å². The summed E-state index contributed by atoms with van der Waals surface area (Å²) in [5, 5.41) is 2.57. The minimum Gasteiger partial charge on any atom is -0.444 e. The molecular formula is C12H16N2O3S. The van der Waals surface area contributed by atoms with Crippen LogP contribution in [0.1, 0.15) is 31.1 Å². The predicted molar refractivity (Wildman–Crippen MR) is 72.8 cm³/mol. The Bertz CT molecular complexity index is 438. The van der Waals surface area contributed by atoms with E-state index in [0.29, 0.717) is 11.3 Å². The van der Waals surface area contributed by atoms with Gasteiger partial charge in [-0.05, 0) is 45.0 Å². The summed E-state index contributed by atoms with van der Waals surface area (Å²) in [6, 6.07) is 6.39. The van der Waals surface area contributed by atoms with E-state index in [0.717, 1.165) is 0 Å². The molecule has 0 aliphatic rings. The predicted octanol–water partition coefficient (Wildman–Crippen LogP) is 2.61. The number of carbonyl (C=O) groups is 2. The van der Waals surface area contributed by atoms with Gasteiger partial charge in [-0.25, -0.2) is 4.79 Å². The van der Waals surface area contributed by atoms with E-state index >= 15 is 0 Å². The maximum Gasteiger partial charge on any atom is 0.412 e. The van der Waals surface area contributed by atoms with Crippen LogP contribution in [-0.4, -0.2) is 17.6 Å². The van der Waals surface area contributed by atoms with Crippen molar-refractivity contribution in [1.29, 1.82) is 0 Å². The van der Waals surface area contributed by atoms with E-state index < -0.39 is 11.7 Å². The third-order valence-corrected chi connectivity index (χ3v) is 2.10. The molecule has 98 valence electrons. The van der Waals surface area contributed by atoms with Gasteiger partial charge in [-0.3, -0.25) is 14.8 Å². The minimum atomic E-state index is -0.546. The van der Waals surface area contributed by atoms with Gasteiger partial charge in [0, 0.05) is 11.3 Å². The number of amides is 2. The van der Waals surface area contributed by atoms with Crippen molar-refractivity contribution in [2.45, 2.75) is 26.4 Å². The molecule has 1 aromatic carbocycles. The highest BCUT2D eigenvalue weighted by Crippen LogP contribution is 2.13. The van der Waals surface area contributed by atoms with Crippen molar-refractivity contribution in [1.82, 2.24) is 4.72 Å². The lowest BCUT2D eigenvalue weighted by Gasteiger charge is -2.19. The molecule has 0 fully saturated rings. The number of benzene rings is 1. The van der Waals surface area contributed by atoms with Gasteiger partial charge < -0.3 is 4.74 Å². The van der Waals surface area contributed by atoms with Crippen molar-refractivity contribution in [2.24, 2.45) is 0 Å². The highest BCUT2D eigenvalue weighted by Gasteiger charge is 2.16. The van der Waals surface area contributed by atoms with Crippen LogP contribution < -0.4 is 10.0 Å². The molecule has 1 aromatic rings. The molecule has 0 spiro atoms.